The average molecular weight is 530 g/mol. The lowest BCUT2D eigenvalue weighted by Crippen LogP contribution is -2.54. The van der Waals surface area contributed by atoms with Crippen molar-refractivity contribution < 1.29 is 55.1 Å². The summed E-state index contributed by atoms with van der Waals surface area (Å²) in [5, 5.41) is 6.21. The molecule has 2 heterocycles. The van der Waals surface area contributed by atoms with Crippen LogP contribution in [0.1, 0.15) is 32.1 Å². The minimum absolute atomic E-state index is 0.0565. The van der Waals surface area contributed by atoms with Gasteiger partial charge in [-0.05, 0) is 37.5 Å². The standard InChI is InChI=1S/C20H24F6N4O6/c21-19(22,23)8-28-16(34)17(35)30-9-18(2-3-18)6-12(30)15(33)29-11(5-10-1-4-27-14(10)32)13(31)7-36-20(24,25)26/h10-12H,1-9H2,(H,27,32)(H,28,34)(H,29,33)/t10-,11-,12-/m0/s1. The number of amides is 4. The van der Waals surface area contributed by atoms with Gasteiger partial charge < -0.3 is 20.9 Å². The van der Waals surface area contributed by atoms with Gasteiger partial charge in [-0.3, -0.25) is 28.7 Å². The Balaban J connectivity index is 1.72. The summed E-state index contributed by atoms with van der Waals surface area (Å²) in [5.41, 5.74) is -0.508. The van der Waals surface area contributed by atoms with Gasteiger partial charge in [0.05, 0.1) is 6.04 Å². The Kier molecular flexibility index (Phi) is 7.86. The first-order valence-electron chi connectivity index (χ1n) is 11.1. The molecule has 0 aromatic carbocycles. The number of alkyl halides is 6. The third-order valence-corrected chi connectivity index (χ3v) is 6.44. The minimum Gasteiger partial charge on any atom is -0.356 e. The Morgan fingerprint density at radius 3 is 2.33 bits per heavy atom. The highest BCUT2D eigenvalue weighted by Crippen LogP contribution is 2.54. The topological polar surface area (TPSA) is 134 Å². The van der Waals surface area contributed by atoms with E-state index in [1.807, 2.05) is 0 Å². The van der Waals surface area contributed by atoms with Crippen LogP contribution < -0.4 is 16.0 Å². The van der Waals surface area contributed by atoms with Crippen LogP contribution in [0.25, 0.3) is 0 Å². The molecule has 202 valence electrons. The van der Waals surface area contributed by atoms with Gasteiger partial charge in [0, 0.05) is 19.0 Å². The van der Waals surface area contributed by atoms with E-state index in [0.29, 0.717) is 12.8 Å². The molecule has 4 amide bonds. The quantitative estimate of drug-likeness (QED) is 0.303. The molecule has 0 unspecified atom stereocenters. The molecule has 0 aromatic heterocycles. The maximum atomic E-state index is 13.1. The zero-order valence-electron chi connectivity index (χ0n) is 18.8. The highest BCUT2D eigenvalue weighted by molar-refractivity contribution is 6.35. The second-order valence-corrected chi connectivity index (χ2v) is 9.23. The molecule has 3 aliphatic rings. The van der Waals surface area contributed by atoms with E-state index in [2.05, 4.69) is 15.4 Å². The van der Waals surface area contributed by atoms with Crippen molar-refractivity contribution in [2.75, 3.05) is 26.2 Å². The molecule has 1 spiro atoms. The van der Waals surface area contributed by atoms with Crippen LogP contribution in [-0.2, 0) is 28.7 Å². The van der Waals surface area contributed by atoms with E-state index in [0.717, 1.165) is 4.90 Å². The molecule has 3 fully saturated rings. The van der Waals surface area contributed by atoms with Gasteiger partial charge in [-0.1, -0.05) is 0 Å². The number of ether oxygens (including phenoxy) is 1. The largest absolute Gasteiger partial charge is 0.522 e. The van der Waals surface area contributed by atoms with Crippen LogP contribution in [-0.4, -0.2) is 85.2 Å². The Hall–Kier alpha value is -2.91. The summed E-state index contributed by atoms with van der Waals surface area (Å²) in [7, 11) is 0. The van der Waals surface area contributed by atoms with Crippen molar-refractivity contribution in [2.45, 2.75) is 56.7 Å². The first-order valence-corrected chi connectivity index (χ1v) is 11.1. The Labute approximate surface area is 200 Å². The Morgan fingerprint density at radius 2 is 1.81 bits per heavy atom. The number of nitrogens with one attached hydrogen (secondary N) is 3. The van der Waals surface area contributed by atoms with Gasteiger partial charge in [-0.25, -0.2) is 0 Å². The monoisotopic (exact) mass is 530 g/mol. The number of ketones is 1. The van der Waals surface area contributed by atoms with Crippen molar-refractivity contribution in [1.82, 2.24) is 20.9 Å². The van der Waals surface area contributed by atoms with Gasteiger partial charge in [0.15, 0.2) is 5.78 Å². The summed E-state index contributed by atoms with van der Waals surface area (Å²) in [5.74, 6) is -6.30. The van der Waals surface area contributed by atoms with Crippen LogP contribution in [0, 0.1) is 11.3 Å². The second-order valence-electron chi connectivity index (χ2n) is 9.23. The van der Waals surface area contributed by atoms with E-state index >= 15 is 0 Å². The number of hydrogen-bond donors (Lipinski definition) is 3. The predicted octanol–water partition coefficient (Wildman–Crippen LogP) is 0.163. The van der Waals surface area contributed by atoms with Crippen LogP contribution in [0.4, 0.5) is 26.3 Å². The fourth-order valence-electron chi connectivity index (χ4n) is 4.38. The number of carbonyl (C=O) groups excluding carboxylic acids is 5. The van der Waals surface area contributed by atoms with Gasteiger partial charge in [0.2, 0.25) is 11.8 Å². The fourth-order valence-corrected chi connectivity index (χ4v) is 4.38. The summed E-state index contributed by atoms with van der Waals surface area (Å²) in [4.78, 5) is 62.8. The smallest absolute Gasteiger partial charge is 0.356 e. The summed E-state index contributed by atoms with van der Waals surface area (Å²) < 4.78 is 78.0. The first kappa shape index (κ1) is 27.7. The highest BCUT2D eigenvalue weighted by atomic mass is 19.4. The van der Waals surface area contributed by atoms with Gasteiger partial charge in [0.25, 0.3) is 0 Å². The molecule has 1 saturated carbocycles. The minimum atomic E-state index is -5.12. The molecule has 10 nitrogen and oxygen atoms in total. The molecule has 2 aliphatic heterocycles. The second kappa shape index (κ2) is 10.2. The predicted molar refractivity (Wildman–Crippen MR) is 106 cm³/mol. The average Bonchev–Trinajstić information content (AvgIpc) is 3.23. The van der Waals surface area contributed by atoms with Gasteiger partial charge in [-0.15, -0.1) is 13.2 Å². The van der Waals surface area contributed by atoms with Crippen molar-refractivity contribution in [2.24, 2.45) is 11.3 Å². The van der Waals surface area contributed by atoms with Crippen LogP contribution in [0.3, 0.4) is 0 Å². The number of hydrogen-bond acceptors (Lipinski definition) is 6. The molecule has 2 saturated heterocycles. The first-order chi connectivity index (χ1) is 16.6. The zero-order valence-corrected chi connectivity index (χ0v) is 18.8. The Morgan fingerprint density at radius 1 is 1.14 bits per heavy atom. The van der Waals surface area contributed by atoms with Gasteiger partial charge in [0.1, 0.15) is 19.2 Å². The molecular formula is C20H24F6N4O6. The summed E-state index contributed by atoms with van der Waals surface area (Å²) in [6, 6.07) is -2.91. The van der Waals surface area contributed by atoms with Crippen LogP contribution in [0.2, 0.25) is 0 Å². The molecular weight excluding hydrogens is 506 g/mol. The molecule has 36 heavy (non-hydrogen) atoms. The molecule has 1 aliphatic carbocycles. The van der Waals surface area contributed by atoms with E-state index in [1.165, 1.54) is 5.32 Å². The lowest BCUT2D eigenvalue weighted by atomic mass is 9.95. The van der Waals surface area contributed by atoms with Crippen molar-refractivity contribution in [3.05, 3.63) is 0 Å². The van der Waals surface area contributed by atoms with E-state index in [4.69, 9.17) is 0 Å². The lowest BCUT2D eigenvalue weighted by molar-refractivity contribution is -0.321. The molecule has 3 N–H and O–H groups in total. The summed E-state index contributed by atoms with van der Waals surface area (Å²) in [6.07, 6.45) is -8.70. The summed E-state index contributed by atoms with van der Waals surface area (Å²) in [6.45, 7) is -2.99. The third kappa shape index (κ3) is 7.30. The molecule has 0 bridgehead atoms. The molecule has 16 heteroatoms. The van der Waals surface area contributed by atoms with Crippen molar-refractivity contribution in [1.29, 1.82) is 0 Å². The highest BCUT2D eigenvalue weighted by Gasteiger charge is 2.56. The molecule has 3 atom stereocenters. The fraction of sp³-hybridized carbons (Fsp3) is 0.750. The lowest BCUT2D eigenvalue weighted by Gasteiger charge is -2.26. The van der Waals surface area contributed by atoms with Crippen molar-refractivity contribution in [3.8, 4) is 0 Å². The Bertz CT molecular complexity index is 919. The van der Waals surface area contributed by atoms with Gasteiger partial charge in [-0.2, -0.15) is 13.2 Å². The molecule has 0 aromatic rings. The van der Waals surface area contributed by atoms with Crippen LogP contribution >= 0.6 is 0 Å². The van der Waals surface area contributed by atoms with E-state index < -0.39 is 78.5 Å². The van der Waals surface area contributed by atoms with E-state index in [1.54, 1.807) is 0 Å². The normalized spacial score (nSPS) is 23.8. The SMILES string of the molecule is O=C(NCC(F)(F)F)C(=O)N1CC2(CC2)C[C@H]1C(=O)N[C@@H](C[C@@H]1CCNC1=O)C(=O)COC(F)(F)F. The number of carbonyl (C=O) groups is 5. The van der Waals surface area contributed by atoms with Crippen molar-refractivity contribution >= 4 is 29.4 Å². The number of halogens is 6. The zero-order chi connectivity index (χ0) is 26.9. The van der Waals surface area contributed by atoms with Gasteiger partial charge >= 0.3 is 24.4 Å². The van der Waals surface area contributed by atoms with E-state index in [-0.39, 0.29) is 32.4 Å². The number of Topliss-reactive ketones (excluding diaryl/α,β-unsaturated/α-hetero) is 1. The molecule has 3 rings (SSSR count). The number of rotatable bonds is 8. The maximum absolute atomic E-state index is 13.1. The number of nitrogens with zero attached hydrogens (tertiary/aromatic N) is 1. The number of likely N-dealkylation sites (tertiary alicyclic amines) is 1. The maximum Gasteiger partial charge on any atom is 0.522 e. The van der Waals surface area contributed by atoms with Crippen LogP contribution in [0.5, 0.6) is 0 Å². The van der Waals surface area contributed by atoms with Crippen LogP contribution in [0.15, 0.2) is 0 Å². The van der Waals surface area contributed by atoms with Crippen molar-refractivity contribution in [3.63, 3.8) is 0 Å². The molecule has 0 radical (unpaired) electrons. The van der Waals surface area contributed by atoms with E-state index in [9.17, 15) is 50.3 Å². The third-order valence-electron chi connectivity index (χ3n) is 6.44. The summed E-state index contributed by atoms with van der Waals surface area (Å²) >= 11 is 0.